The first kappa shape index (κ1) is 14.9. The van der Waals surface area contributed by atoms with Crippen molar-refractivity contribution in [3.63, 3.8) is 0 Å². The molecule has 2 heterocycles. The van der Waals surface area contributed by atoms with Gasteiger partial charge in [-0.15, -0.1) is 0 Å². The summed E-state index contributed by atoms with van der Waals surface area (Å²) in [5, 5.41) is 4.32. The van der Waals surface area contributed by atoms with Crippen molar-refractivity contribution in [3.8, 4) is 0 Å². The van der Waals surface area contributed by atoms with E-state index in [4.69, 9.17) is 4.42 Å². The van der Waals surface area contributed by atoms with Crippen LogP contribution in [0, 0.1) is 0 Å². The van der Waals surface area contributed by atoms with Crippen LogP contribution in [0.4, 0.5) is 5.82 Å². The molecule has 1 N–H and O–H groups in total. The Morgan fingerprint density at radius 1 is 1.35 bits per heavy atom. The van der Waals surface area contributed by atoms with Crippen molar-refractivity contribution < 1.29 is 4.42 Å². The Morgan fingerprint density at radius 2 is 2.20 bits per heavy atom. The molecule has 0 aliphatic rings. The molecule has 0 amide bonds. The summed E-state index contributed by atoms with van der Waals surface area (Å²) in [5.74, 6) is 3.86. The van der Waals surface area contributed by atoms with E-state index in [-0.39, 0.29) is 0 Å². The van der Waals surface area contributed by atoms with Gasteiger partial charge >= 0.3 is 0 Å². The number of rotatable bonds is 7. The fourth-order valence-corrected chi connectivity index (χ4v) is 2.47. The number of hydrogen-bond acceptors (Lipinski definition) is 5. The highest BCUT2D eigenvalue weighted by atomic mass is 32.2. The number of aromatic nitrogens is 2. The van der Waals surface area contributed by atoms with E-state index in [1.54, 1.807) is 18.0 Å². The maximum absolute atomic E-state index is 5.35. The van der Waals surface area contributed by atoms with Gasteiger partial charge < -0.3 is 9.73 Å². The summed E-state index contributed by atoms with van der Waals surface area (Å²) < 4.78 is 5.35. The monoisotopic (exact) mass is 291 g/mol. The van der Waals surface area contributed by atoms with Gasteiger partial charge in [0.25, 0.3) is 0 Å². The number of thioether (sulfide) groups is 1. The fraction of sp³-hybridized carbons (Fsp3) is 0.467. The molecule has 0 aromatic carbocycles. The normalized spacial score (nSPS) is 11.0. The van der Waals surface area contributed by atoms with Crippen LogP contribution in [0.1, 0.15) is 44.7 Å². The number of nitrogens with one attached hydrogen (secondary N) is 1. The third-order valence-corrected chi connectivity index (χ3v) is 3.67. The summed E-state index contributed by atoms with van der Waals surface area (Å²) in [4.78, 5) is 9.17. The van der Waals surface area contributed by atoms with Crippen molar-refractivity contribution in [2.24, 2.45) is 0 Å². The van der Waals surface area contributed by atoms with E-state index in [0.717, 1.165) is 41.1 Å². The lowest BCUT2D eigenvalue weighted by Crippen LogP contribution is -2.06. The molecular weight excluding hydrogens is 270 g/mol. The molecule has 2 aromatic rings. The van der Waals surface area contributed by atoms with Crippen molar-refractivity contribution in [1.82, 2.24) is 9.97 Å². The smallest absolute Gasteiger partial charge is 0.134 e. The summed E-state index contributed by atoms with van der Waals surface area (Å²) in [7, 11) is 0. The molecule has 0 aliphatic carbocycles. The minimum atomic E-state index is 0.321. The molecule has 5 heteroatoms. The van der Waals surface area contributed by atoms with Crippen LogP contribution >= 0.6 is 11.8 Å². The Kier molecular flexibility index (Phi) is 5.47. The molecule has 0 atom stereocenters. The molecule has 0 aliphatic heterocycles. The summed E-state index contributed by atoms with van der Waals surface area (Å²) in [6, 6.07) is 5.90. The zero-order valence-electron chi connectivity index (χ0n) is 12.2. The predicted molar refractivity (Wildman–Crippen MR) is 83.2 cm³/mol. The molecule has 2 rings (SSSR count). The average molecular weight is 291 g/mol. The van der Waals surface area contributed by atoms with Gasteiger partial charge in [0.2, 0.25) is 0 Å². The van der Waals surface area contributed by atoms with Gasteiger partial charge in [0.05, 0.1) is 12.0 Å². The van der Waals surface area contributed by atoms with Crippen LogP contribution in [0.2, 0.25) is 0 Å². The van der Waals surface area contributed by atoms with Crippen LogP contribution in [0.15, 0.2) is 33.9 Å². The Labute approximate surface area is 124 Å². The van der Waals surface area contributed by atoms with Gasteiger partial charge in [0.1, 0.15) is 22.4 Å². The Morgan fingerprint density at radius 3 is 2.85 bits per heavy atom. The van der Waals surface area contributed by atoms with Crippen molar-refractivity contribution in [2.45, 2.75) is 43.9 Å². The molecule has 2 aromatic heterocycles. The van der Waals surface area contributed by atoms with E-state index in [1.165, 1.54) is 0 Å². The van der Waals surface area contributed by atoms with Crippen molar-refractivity contribution in [2.75, 3.05) is 11.9 Å². The molecule has 0 radical (unpaired) electrons. The molecule has 0 saturated carbocycles. The standard InChI is InChI=1S/C15H21N3OS/c1-4-7-16-13-9-14(18-15(17-13)11(2)3)20-10-12-6-5-8-19-12/h5-6,8-9,11H,4,7,10H2,1-3H3,(H,16,17,18). The topological polar surface area (TPSA) is 51.0 Å². The fourth-order valence-electron chi connectivity index (χ4n) is 1.66. The molecular formula is C15H21N3OS. The van der Waals surface area contributed by atoms with Crippen LogP contribution in [0.3, 0.4) is 0 Å². The second-order valence-corrected chi connectivity index (χ2v) is 5.89. The Hall–Kier alpha value is -1.49. The van der Waals surface area contributed by atoms with Crippen LogP contribution in [0.5, 0.6) is 0 Å². The summed E-state index contributed by atoms with van der Waals surface area (Å²) in [5.41, 5.74) is 0. The molecule has 0 spiro atoms. The van der Waals surface area contributed by atoms with Gasteiger partial charge in [-0.3, -0.25) is 0 Å². The third kappa shape index (κ3) is 4.27. The molecule has 0 fully saturated rings. The second-order valence-electron chi connectivity index (χ2n) is 4.90. The molecule has 0 bridgehead atoms. The van der Waals surface area contributed by atoms with E-state index in [2.05, 4.69) is 36.1 Å². The molecule has 0 unspecified atom stereocenters. The lowest BCUT2D eigenvalue weighted by Gasteiger charge is -2.10. The maximum Gasteiger partial charge on any atom is 0.134 e. The quantitative estimate of drug-likeness (QED) is 0.608. The molecule has 0 saturated heterocycles. The Bertz CT molecular complexity index is 526. The number of furan rings is 1. The number of nitrogens with zero attached hydrogens (tertiary/aromatic N) is 2. The van der Waals surface area contributed by atoms with Gasteiger partial charge in [-0.05, 0) is 18.6 Å². The van der Waals surface area contributed by atoms with E-state index >= 15 is 0 Å². The highest BCUT2D eigenvalue weighted by Crippen LogP contribution is 2.25. The van der Waals surface area contributed by atoms with Gasteiger partial charge in [0, 0.05) is 18.5 Å². The highest BCUT2D eigenvalue weighted by Gasteiger charge is 2.09. The van der Waals surface area contributed by atoms with Gasteiger partial charge in [-0.1, -0.05) is 32.5 Å². The molecule has 4 nitrogen and oxygen atoms in total. The molecule has 20 heavy (non-hydrogen) atoms. The van der Waals surface area contributed by atoms with Crippen LogP contribution in [0.25, 0.3) is 0 Å². The van der Waals surface area contributed by atoms with Crippen LogP contribution in [-0.2, 0) is 5.75 Å². The number of hydrogen-bond donors (Lipinski definition) is 1. The average Bonchev–Trinajstić information content (AvgIpc) is 2.96. The molecule has 108 valence electrons. The van der Waals surface area contributed by atoms with Gasteiger partial charge in [-0.2, -0.15) is 0 Å². The zero-order chi connectivity index (χ0) is 14.4. The van der Waals surface area contributed by atoms with E-state index in [1.807, 2.05) is 18.2 Å². The van der Waals surface area contributed by atoms with Crippen molar-refractivity contribution >= 4 is 17.6 Å². The lowest BCUT2D eigenvalue weighted by molar-refractivity contribution is 0.530. The first-order chi connectivity index (χ1) is 9.69. The first-order valence-corrected chi connectivity index (χ1v) is 7.95. The van der Waals surface area contributed by atoms with Crippen molar-refractivity contribution in [1.29, 1.82) is 0 Å². The third-order valence-electron chi connectivity index (χ3n) is 2.73. The summed E-state index contributed by atoms with van der Waals surface area (Å²) in [6.07, 6.45) is 2.78. The van der Waals surface area contributed by atoms with Gasteiger partial charge in [-0.25, -0.2) is 9.97 Å². The van der Waals surface area contributed by atoms with E-state index in [9.17, 15) is 0 Å². The zero-order valence-corrected chi connectivity index (χ0v) is 13.0. The van der Waals surface area contributed by atoms with Gasteiger partial charge in [0.15, 0.2) is 0 Å². The summed E-state index contributed by atoms with van der Waals surface area (Å²) in [6.45, 7) is 7.29. The van der Waals surface area contributed by atoms with Crippen LogP contribution in [-0.4, -0.2) is 16.5 Å². The summed E-state index contributed by atoms with van der Waals surface area (Å²) >= 11 is 1.67. The van der Waals surface area contributed by atoms with Crippen LogP contribution < -0.4 is 5.32 Å². The largest absolute Gasteiger partial charge is 0.468 e. The lowest BCUT2D eigenvalue weighted by atomic mass is 10.2. The SMILES string of the molecule is CCCNc1cc(SCc2ccco2)nc(C(C)C)n1. The van der Waals surface area contributed by atoms with E-state index in [0.29, 0.717) is 5.92 Å². The number of anilines is 1. The first-order valence-electron chi connectivity index (χ1n) is 6.97. The Balaban J connectivity index is 2.11. The maximum atomic E-state index is 5.35. The second kappa shape index (κ2) is 7.33. The van der Waals surface area contributed by atoms with E-state index < -0.39 is 0 Å². The van der Waals surface area contributed by atoms with Crippen molar-refractivity contribution in [3.05, 3.63) is 36.0 Å². The highest BCUT2D eigenvalue weighted by molar-refractivity contribution is 7.98. The minimum absolute atomic E-state index is 0.321. The predicted octanol–water partition coefficient (Wildman–Crippen LogP) is 4.31. The minimum Gasteiger partial charge on any atom is -0.468 e.